The summed E-state index contributed by atoms with van der Waals surface area (Å²) in [5.41, 5.74) is 8.38. The monoisotopic (exact) mass is 367 g/mol. The van der Waals surface area contributed by atoms with Crippen LogP contribution in [0.1, 0.15) is 5.56 Å². The van der Waals surface area contributed by atoms with E-state index in [4.69, 9.17) is 5.73 Å². The fourth-order valence-corrected chi connectivity index (χ4v) is 3.57. The molecule has 3 aromatic rings. The number of rotatable bonds is 3. The van der Waals surface area contributed by atoms with Crippen LogP contribution in [0.5, 0.6) is 0 Å². The smallest absolute Gasteiger partial charge is 0.197 e. The number of aromatic amines is 1. The second-order valence-electron chi connectivity index (χ2n) is 4.59. The van der Waals surface area contributed by atoms with Gasteiger partial charge in [0.1, 0.15) is 5.82 Å². The van der Waals surface area contributed by atoms with Crippen LogP contribution in [0, 0.1) is 5.82 Å². The lowest BCUT2D eigenvalue weighted by Crippen LogP contribution is -1.99. The summed E-state index contributed by atoms with van der Waals surface area (Å²) in [6, 6.07) is 9.70. The summed E-state index contributed by atoms with van der Waals surface area (Å²) in [5, 5.41) is 0.357. The van der Waals surface area contributed by atoms with E-state index >= 15 is 0 Å². The molecule has 7 heteroatoms. The van der Waals surface area contributed by atoms with E-state index in [2.05, 4.69) is 25.9 Å². The van der Waals surface area contributed by atoms with Gasteiger partial charge in [-0.15, -0.1) is 0 Å². The highest BCUT2D eigenvalue weighted by Gasteiger charge is 2.12. The van der Waals surface area contributed by atoms with Crippen LogP contribution in [0.2, 0.25) is 0 Å². The Morgan fingerprint density at radius 3 is 2.86 bits per heavy atom. The fourth-order valence-electron chi connectivity index (χ4n) is 2.03. The first-order valence-corrected chi connectivity index (χ1v) is 8.21. The first-order chi connectivity index (χ1) is 10.0. The molecule has 0 saturated carbocycles. The SMILES string of the molecule is Nc1ccc2nc(S(=O)Cc3cc(F)cc(Br)c3)[nH]c2c1. The van der Waals surface area contributed by atoms with Crippen molar-refractivity contribution in [2.75, 3.05) is 5.73 Å². The summed E-state index contributed by atoms with van der Waals surface area (Å²) in [5.74, 6) is -0.181. The van der Waals surface area contributed by atoms with Crippen LogP contribution in [-0.2, 0) is 16.6 Å². The zero-order valence-electron chi connectivity index (χ0n) is 10.8. The molecule has 0 spiro atoms. The lowest BCUT2D eigenvalue weighted by Gasteiger charge is -2.01. The zero-order valence-corrected chi connectivity index (χ0v) is 13.2. The molecule has 0 aliphatic carbocycles. The Morgan fingerprint density at radius 1 is 1.29 bits per heavy atom. The van der Waals surface area contributed by atoms with Gasteiger partial charge < -0.3 is 10.7 Å². The number of nitrogen functional groups attached to an aromatic ring is 1. The van der Waals surface area contributed by atoms with Crippen molar-refractivity contribution in [2.45, 2.75) is 10.9 Å². The van der Waals surface area contributed by atoms with Crippen LogP contribution in [0.4, 0.5) is 10.1 Å². The van der Waals surface area contributed by atoms with E-state index in [0.29, 0.717) is 26.4 Å². The molecule has 1 heterocycles. The summed E-state index contributed by atoms with van der Waals surface area (Å²) in [7, 11) is -1.39. The van der Waals surface area contributed by atoms with Gasteiger partial charge >= 0.3 is 0 Å². The minimum atomic E-state index is -1.39. The Balaban J connectivity index is 1.89. The molecule has 2 aromatic carbocycles. The third kappa shape index (κ3) is 3.14. The second-order valence-corrected chi connectivity index (χ2v) is 6.87. The topological polar surface area (TPSA) is 71.8 Å². The number of nitrogens with two attached hydrogens (primary N) is 1. The number of halogens is 2. The highest BCUT2D eigenvalue weighted by molar-refractivity contribution is 9.10. The van der Waals surface area contributed by atoms with Crippen molar-refractivity contribution in [1.29, 1.82) is 0 Å². The Hall–Kier alpha value is -1.73. The second kappa shape index (κ2) is 5.57. The van der Waals surface area contributed by atoms with E-state index in [9.17, 15) is 8.60 Å². The van der Waals surface area contributed by atoms with Crippen LogP contribution < -0.4 is 5.73 Å². The number of nitrogens with zero attached hydrogens (tertiary/aromatic N) is 1. The lowest BCUT2D eigenvalue weighted by atomic mass is 10.2. The molecule has 0 saturated heterocycles. The third-order valence-electron chi connectivity index (χ3n) is 2.92. The molecule has 1 aromatic heterocycles. The van der Waals surface area contributed by atoms with Crippen LogP contribution >= 0.6 is 15.9 Å². The Bertz CT molecular complexity index is 829. The van der Waals surface area contributed by atoms with Crippen molar-refractivity contribution >= 4 is 43.5 Å². The molecule has 3 N–H and O–H groups in total. The van der Waals surface area contributed by atoms with Gasteiger partial charge in [-0.1, -0.05) is 15.9 Å². The molecule has 21 heavy (non-hydrogen) atoms. The minimum absolute atomic E-state index is 0.186. The van der Waals surface area contributed by atoms with Crippen molar-refractivity contribution in [3.8, 4) is 0 Å². The maximum Gasteiger partial charge on any atom is 0.197 e. The van der Waals surface area contributed by atoms with Crippen molar-refractivity contribution in [2.24, 2.45) is 0 Å². The van der Waals surface area contributed by atoms with Gasteiger partial charge in [0, 0.05) is 10.2 Å². The Labute approximate surface area is 131 Å². The van der Waals surface area contributed by atoms with Gasteiger partial charge in [-0.3, -0.25) is 4.21 Å². The molecule has 0 aliphatic heterocycles. The quantitative estimate of drug-likeness (QED) is 0.697. The number of H-pyrrole nitrogens is 1. The molecule has 0 bridgehead atoms. The molecule has 0 amide bonds. The summed E-state index contributed by atoms with van der Waals surface area (Å²) in [6.07, 6.45) is 0. The van der Waals surface area contributed by atoms with E-state index < -0.39 is 10.8 Å². The van der Waals surface area contributed by atoms with E-state index in [1.54, 1.807) is 24.3 Å². The van der Waals surface area contributed by atoms with E-state index in [1.807, 2.05) is 0 Å². The Morgan fingerprint density at radius 2 is 2.10 bits per heavy atom. The molecule has 0 radical (unpaired) electrons. The van der Waals surface area contributed by atoms with Gasteiger partial charge in [-0.05, 0) is 42.0 Å². The summed E-state index contributed by atoms with van der Waals surface area (Å²) in [4.78, 5) is 7.27. The van der Waals surface area contributed by atoms with Gasteiger partial charge in [0.15, 0.2) is 5.16 Å². The van der Waals surface area contributed by atoms with E-state index in [-0.39, 0.29) is 11.6 Å². The average molecular weight is 368 g/mol. The molecule has 4 nitrogen and oxygen atoms in total. The molecule has 1 unspecified atom stereocenters. The van der Waals surface area contributed by atoms with Gasteiger partial charge in [0.25, 0.3) is 0 Å². The average Bonchev–Trinajstić information content (AvgIpc) is 2.80. The van der Waals surface area contributed by atoms with Crippen LogP contribution in [-0.4, -0.2) is 14.2 Å². The number of aromatic nitrogens is 2. The predicted octanol–water partition coefficient (Wildman–Crippen LogP) is 3.35. The van der Waals surface area contributed by atoms with E-state index in [1.165, 1.54) is 12.1 Å². The van der Waals surface area contributed by atoms with Crippen LogP contribution in [0.15, 0.2) is 46.0 Å². The van der Waals surface area contributed by atoms with Crippen molar-refractivity contribution in [1.82, 2.24) is 9.97 Å². The number of nitrogens with one attached hydrogen (secondary N) is 1. The number of imidazole rings is 1. The fraction of sp³-hybridized carbons (Fsp3) is 0.0714. The summed E-state index contributed by atoms with van der Waals surface area (Å²) >= 11 is 3.22. The summed E-state index contributed by atoms with van der Waals surface area (Å²) in [6.45, 7) is 0. The Kier molecular flexibility index (Phi) is 3.77. The summed E-state index contributed by atoms with van der Waals surface area (Å²) < 4.78 is 26.3. The van der Waals surface area contributed by atoms with Crippen molar-refractivity contribution < 1.29 is 8.60 Å². The third-order valence-corrected chi connectivity index (χ3v) is 4.60. The highest BCUT2D eigenvalue weighted by Crippen LogP contribution is 2.20. The zero-order chi connectivity index (χ0) is 15.0. The van der Waals surface area contributed by atoms with E-state index in [0.717, 1.165) is 5.52 Å². The lowest BCUT2D eigenvalue weighted by molar-refractivity contribution is 0.625. The molecule has 0 aliphatic rings. The number of benzene rings is 2. The maximum atomic E-state index is 13.3. The first-order valence-electron chi connectivity index (χ1n) is 6.10. The first kappa shape index (κ1) is 14.2. The van der Waals surface area contributed by atoms with Gasteiger partial charge in [-0.2, -0.15) is 0 Å². The number of anilines is 1. The van der Waals surface area contributed by atoms with Crippen molar-refractivity contribution in [3.63, 3.8) is 0 Å². The van der Waals surface area contributed by atoms with Crippen molar-refractivity contribution in [3.05, 3.63) is 52.3 Å². The minimum Gasteiger partial charge on any atom is -0.399 e. The highest BCUT2D eigenvalue weighted by atomic mass is 79.9. The van der Waals surface area contributed by atoms with Gasteiger partial charge in [-0.25, -0.2) is 9.37 Å². The van der Waals surface area contributed by atoms with Crippen LogP contribution in [0.25, 0.3) is 11.0 Å². The van der Waals surface area contributed by atoms with Crippen LogP contribution in [0.3, 0.4) is 0 Å². The van der Waals surface area contributed by atoms with Gasteiger partial charge in [0.05, 0.1) is 27.6 Å². The standard InChI is InChI=1S/C14H11BrFN3OS/c15-9-3-8(4-10(16)5-9)7-21(20)14-18-12-2-1-11(17)6-13(12)19-14/h1-6H,7,17H2,(H,18,19). The number of hydrogen-bond donors (Lipinski definition) is 2. The molecular weight excluding hydrogens is 357 g/mol. The molecular formula is C14H11BrFN3OS. The predicted molar refractivity (Wildman–Crippen MR) is 84.7 cm³/mol. The normalized spacial score (nSPS) is 12.7. The van der Waals surface area contributed by atoms with Gasteiger partial charge in [0.2, 0.25) is 0 Å². The molecule has 3 rings (SSSR count). The molecule has 108 valence electrons. The largest absolute Gasteiger partial charge is 0.399 e. The number of fused-ring (bicyclic) bond motifs is 1. The number of hydrogen-bond acceptors (Lipinski definition) is 3. The molecule has 0 fully saturated rings. The molecule has 1 atom stereocenters. The maximum absolute atomic E-state index is 13.3.